The van der Waals surface area contributed by atoms with Crippen LogP contribution in [0, 0.1) is 11.7 Å². The molecule has 0 atom stereocenters. The summed E-state index contributed by atoms with van der Waals surface area (Å²) >= 11 is 5.98. The van der Waals surface area contributed by atoms with Crippen LogP contribution >= 0.6 is 11.6 Å². The van der Waals surface area contributed by atoms with Gasteiger partial charge in [0.2, 0.25) is 0 Å². The summed E-state index contributed by atoms with van der Waals surface area (Å²) in [6, 6.07) is 6.43. The SMILES string of the molecule is C.CC(=O)c1cnc2ccc(-c3cc(F)c(O)c(Cl)c3)nc2c1NC1CCC(CCN(C)C)CC1. The minimum atomic E-state index is -0.815. The van der Waals surface area contributed by atoms with E-state index in [9.17, 15) is 14.3 Å². The molecule has 0 amide bonds. The summed E-state index contributed by atoms with van der Waals surface area (Å²) in [7, 11) is 4.21. The fourth-order valence-electron chi connectivity index (χ4n) is 4.59. The number of Topliss-reactive ketones (excluding diaryl/α,β-unsaturated/α-hetero) is 1. The van der Waals surface area contributed by atoms with Crippen molar-refractivity contribution in [1.29, 1.82) is 0 Å². The Balaban J connectivity index is 0.00000342. The lowest BCUT2D eigenvalue weighted by Crippen LogP contribution is -2.28. The van der Waals surface area contributed by atoms with E-state index in [4.69, 9.17) is 16.6 Å². The normalized spacial score (nSPS) is 17.9. The molecular formula is C27H34ClFN4O2. The van der Waals surface area contributed by atoms with Gasteiger partial charge in [0.25, 0.3) is 0 Å². The largest absolute Gasteiger partial charge is 0.504 e. The smallest absolute Gasteiger partial charge is 0.170 e. The van der Waals surface area contributed by atoms with Crippen molar-refractivity contribution in [1.82, 2.24) is 14.9 Å². The molecule has 35 heavy (non-hydrogen) atoms. The highest BCUT2D eigenvalue weighted by atomic mass is 35.5. The summed E-state index contributed by atoms with van der Waals surface area (Å²) in [5, 5.41) is 13.2. The number of rotatable bonds is 7. The highest BCUT2D eigenvalue weighted by Crippen LogP contribution is 2.35. The molecule has 1 saturated carbocycles. The second-order valence-electron chi connectivity index (χ2n) is 9.41. The first kappa shape index (κ1) is 26.8. The third-order valence-corrected chi connectivity index (χ3v) is 6.87. The summed E-state index contributed by atoms with van der Waals surface area (Å²) in [5.74, 6) is -0.775. The number of phenols is 1. The van der Waals surface area contributed by atoms with Crippen molar-refractivity contribution < 1.29 is 14.3 Å². The van der Waals surface area contributed by atoms with Crippen LogP contribution in [0.15, 0.2) is 30.5 Å². The van der Waals surface area contributed by atoms with E-state index in [0.29, 0.717) is 33.5 Å². The van der Waals surface area contributed by atoms with Crippen LogP contribution in [0.1, 0.15) is 56.8 Å². The summed E-state index contributed by atoms with van der Waals surface area (Å²) in [5.41, 5.74) is 3.27. The average molecular weight is 501 g/mol. The molecule has 188 valence electrons. The van der Waals surface area contributed by atoms with E-state index in [1.54, 1.807) is 18.3 Å². The summed E-state index contributed by atoms with van der Waals surface area (Å²) in [6.07, 6.45) is 7.14. The van der Waals surface area contributed by atoms with Crippen molar-refractivity contribution in [3.05, 3.63) is 46.9 Å². The quantitative estimate of drug-likeness (QED) is 0.358. The number of halogens is 2. The van der Waals surface area contributed by atoms with E-state index in [1.807, 2.05) is 0 Å². The molecule has 8 heteroatoms. The van der Waals surface area contributed by atoms with Crippen molar-refractivity contribution in [2.45, 2.75) is 52.5 Å². The fourth-order valence-corrected chi connectivity index (χ4v) is 4.80. The third kappa shape index (κ3) is 6.08. The number of fused-ring (bicyclic) bond motifs is 1. The predicted octanol–water partition coefficient (Wildman–Crippen LogP) is 6.56. The Morgan fingerprint density at radius 2 is 1.94 bits per heavy atom. The van der Waals surface area contributed by atoms with Gasteiger partial charge in [-0.25, -0.2) is 9.37 Å². The van der Waals surface area contributed by atoms with Crippen LogP contribution in [-0.4, -0.2) is 52.4 Å². The van der Waals surface area contributed by atoms with E-state index in [0.717, 1.165) is 38.1 Å². The molecule has 2 N–H and O–H groups in total. The Morgan fingerprint density at radius 1 is 1.23 bits per heavy atom. The number of pyridine rings is 2. The zero-order chi connectivity index (χ0) is 24.4. The number of ketones is 1. The van der Waals surface area contributed by atoms with Gasteiger partial charge in [-0.1, -0.05) is 19.0 Å². The number of hydrogen-bond acceptors (Lipinski definition) is 6. The monoisotopic (exact) mass is 500 g/mol. The fraction of sp³-hybridized carbons (Fsp3) is 0.444. The number of benzene rings is 1. The Kier molecular flexibility index (Phi) is 8.67. The number of carbonyl (C=O) groups excluding carboxylic acids is 1. The van der Waals surface area contributed by atoms with E-state index in [-0.39, 0.29) is 24.3 Å². The maximum absolute atomic E-state index is 14.1. The molecular weight excluding hydrogens is 467 g/mol. The Labute approximate surface area is 211 Å². The summed E-state index contributed by atoms with van der Waals surface area (Å²) < 4.78 is 14.1. The van der Waals surface area contributed by atoms with Gasteiger partial charge in [0.15, 0.2) is 17.3 Å². The van der Waals surface area contributed by atoms with Gasteiger partial charge in [-0.2, -0.15) is 0 Å². The molecule has 0 radical (unpaired) electrons. The van der Waals surface area contributed by atoms with Gasteiger partial charge >= 0.3 is 0 Å². The van der Waals surface area contributed by atoms with Gasteiger partial charge in [0.1, 0.15) is 5.52 Å². The number of carbonyl (C=O) groups is 1. The number of phenolic OH excluding ortho intramolecular Hbond substituents is 1. The lowest BCUT2D eigenvalue weighted by atomic mass is 9.84. The van der Waals surface area contributed by atoms with E-state index in [1.165, 1.54) is 25.5 Å². The van der Waals surface area contributed by atoms with Crippen LogP contribution in [0.25, 0.3) is 22.3 Å². The second-order valence-corrected chi connectivity index (χ2v) is 9.82. The number of anilines is 1. The second kappa shape index (κ2) is 11.3. The minimum absolute atomic E-state index is 0. The maximum Gasteiger partial charge on any atom is 0.170 e. The molecule has 0 unspecified atom stereocenters. The molecule has 1 fully saturated rings. The molecule has 1 aliphatic rings. The number of nitrogens with one attached hydrogen (secondary N) is 1. The molecule has 0 saturated heterocycles. The van der Waals surface area contributed by atoms with E-state index < -0.39 is 11.6 Å². The van der Waals surface area contributed by atoms with Crippen LogP contribution in [0.3, 0.4) is 0 Å². The van der Waals surface area contributed by atoms with Gasteiger partial charge < -0.3 is 15.3 Å². The van der Waals surface area contributed by atoms with Crippen LogP contribution in [0.5, 0.6) is 5.75 Å². The average Bonchev–Trinajstić information content (AvgIpc) is 2.81. The van der Waals surface area contributed by atoms with Crippen molar-refractivity contribution >= 4 is 34.1 Å². The molecule has 0 spiro atoms. The van der Waals surface area contributed by atoms with Crippen LogP contribution in [-0.2, 0) is 0 Å². The highest BCUT2D eigenvalue weighted by Gasteiger charge is 2.24. The Bertz CT molecular complexity index is 1190. The molecule has 0 bridgehead atoms. The van der Waals surface area contributed by atoms with Gasteiger partial charge in [-0.3, -0.25) is 9.78 Å². The van der Waals surface area contributed by atoms with Gasteiger partial charge in [-0.05, 0) is 89.9 Å². The van der Waals surface area contributed by atoms with Gasteiger partial charge in [0.05, 0.1) is 27.5 Å². The molecule has 4 rings (SSSR count). The van der Waals surface area contributed by atoms with Crippen molar-refractivity contribution in [2.75, 3.05) is 26.0 Å². The van der Waals surface area contributed by atoms with Gasteiger partial charge in [0, 0.05) is 17.8 Å². The first-order chi connectivity index (χ1) is 16.2. The lowest BCUT2D eigenvalue weighted by Gasteiger charge is -2.31. The van der Waals surface area contributed by atoms with Gasteiger partial charge in [-0.15, -0.1) is 0 Å². The molecule has 6 nitrogen and oxygen atoms in total. The Morgan fingerprint density at radius 3 is 2.57 bits per heavy atom. The number of aromatic hydroxyl groups is 1. The molecule has 0 aliphatic heterocycles. The third-order valence-electron chi connectivity index (χ3n) is 6.58. The summed E-state index contributed by atoms with van der Waals surface area (Å²) in [6.45, 7) is 2.62. The van der Waals surface area contributed by atoms with Crippen molar-refractivity contribution in [3.8, 4) is 17.0 Å². The van der Waals surface area contributed by atoms with Crippen LogP contribution in [0.4, 0.5) is 10.1 Å². The minimum Gasteiger partial charge on any atom is -0.504 e. The molecule has 1 aliphatic carbocycles. The van der Waals surface area contributed by atoms with Crippen LogP contribution < -0.4 is 5.32 Å². The first-order valence-electron chi connectivity index (χ1n) is 11.6. The van der Waals surface area contributed by atoms with Crippen LogP contribution in [0.2, 0.25) is 5.02 Å². The molecule has 2 heterocycles. The zero-order valence-electron chi connectivity index (χ0n) is 19.7. The predicted molar refractivity (Wildman–Crippen MR) is 141 cm³/mol. The van der Waals surface area contributed by atoms with E-state index in [2.05, 4.69) is 29.3 Å². The first-order valence-corrected chi connectivity index (χ1v) is 12.0. The van der Waals surface area contributed by atoms with Crippen molar-refractivity contribution in [3.63, 3.8) is 0 Å². The highest BCUT2D eigenvalue weighted by molar-refractivity contribution is 6.32. The topological polar surface area (TPSA) is 78.3 Å². The molecule has 3 aromatic rings. The zero-order valence-corrected chi connectivity index (χ0v) is 20.5. The Hall–Kier alpha value is -2.77. The lowest BCUT2D eigenvalue weighted by molar-refractivity contribution is 0.101. The summed E-state index contributed by atoms with van der Waals surface area (Å²) in [4.78, 5) is 23.8. The number of nitrogens with zero attached hydrogens (tertiary/aromatic N) is 3. The molecule has 1 aromatic carbocycles. The standard InChI is InChI=1S/C26H30ClFN4O2.CH4/c1-15(33)19-14-29-23-9-8-22(17-12-20(27)26(34)21(28)13-17)31-25(23)24(19)30-18-6-4-16(5-7-18)10-11-32(2)3;/h8-9,12-14,16,18,34H,4-7,10-11H2,1-3H3,(H,29,30);1H4. The van der Waals surface area contributed by atoms with E-state index >= 15 is 0 Å². The van der Waals surface area contributed by atoms with Crippen molar-refractivity contribution in [2.24, 2.45) is 5.92 Å². The maximum atomic E-state index is 14.1. The number of hydrogen-bond donors (Lipinski definition) is 2. The molecule has 2 aromatic heterocycles. The number of aromatic nitrogens is 2.